The van der Waals surface area contributed by atoms with Crippen LogP contribution in [0.3, 0.4) is 0 Å². The first-order valence-corrected chi connectivity index (χ1v) is 6.80. The fourth-order valence-electron chi connectivity index (χ4n) is 2.40. The van der Waals surface area contributed by atoms with Crippen LogP contribution in [0.1, 0.15) is 35.9 Å². The lowest BCUT2D eigenvalue weighted by Crippen LogP contribution is -2.49. The van der Waals surface area contributed by atoms with Crippen molar-refractivity contribution in [3.63, 3.8) is 0 Å². The Hall–Kier alpha value is -1.82. The summed E-state index contributed by atoms with van der Waals surface area (Å²) < 4.78 is 10.6. The van der Waals surface area contributed by atoms with Crippen molar-refractivity contribution in [3.05, 3.63) is 23.7 Å². The molecular weight excluding hydrogens is 262 g/mol. The molecule has 0 bridgehead atoms. The summed E-state index contributed by atoms with van der Waals surface area (Å²) in [5.41, 5.74) is 0.532. The maximum atomic E-state index is 12.6. The number of morpholine rings is 1. The third-order valence-corrected chi connectivity index (χ3v) is 3.35. The molecule has 2 rings (SSSR count). The molecule has 1 unspecified atom stereocenters. The van der Waals surface area contributed by atoms with Gasteiger partial charge in [-0.3, -0.25) is 9.59 Å². The number of hydrogen-bond acceptors (Lipinski definition) is 4. The van der Waals surface area contributed by atoms with Crippen LogP contribution < -0.4 is 0 Å². The van der Waals surface area contributed by atoms with E-state index in [1.165, 1.54) is 6.26 Å². The number of nitrogens with zero attached hydrogens (tertiary/aromatic N) is 1. The second-order valence-electron chi connectivity index (χ2n) is 4.83. The number of carbonyl (C=O) groups excluding carboxylic acids is 1. The number of carboxylic acid groups (broad SMARTS) is 1. The van der Waals surface area contributed by atoms with Gasteiger partial charge in [0, 0.05) is 13.0 Å². The minimum atomic E-state index is -0.931. The topological polar surface area (TPSA) is 80.0 Å². The summed E-state index contributed by atoms with van der Waals surface area (Å²) >= 11 is 0. The highest BCUT2D eigenvalue weighted by atomic mass is 16.5. The van der Waals surface area contributed by atoms with E-state index >= 15 is 0 Å². The van der Waals surface area contributed by atoms with Gasteiger partial charge in [0.25, 0.3) is 5.91 Å². The smallest absolute Gasteiger partial charge is 0.305 e. The summed E-state index contributed by atoms with van der Waals surface area (Å²) in [6, 6.07) is 1.23. The van der Waals surface area contributed by atoms with Crippen molar-refractivity contribution in [2.45, 2.75) is 32.2 Å². The molecule has 20 heavy (non-hydrogen) atoms. The standard InChI is InChI=1S/C14H19NO5/c1-2-3-12-11(4-6-20-12)14(18)15-5-7-19-9-10(15)8-13(16)17/h4,6,10H,2-3,5,7-9H2,1H3,(H,16,17). The Bertz CT molecular complexity index is 482. The number of furan rings is 1. The molecule has 1 atom stereocenters. The first-order valence-electron chi connectivity index (χ1n) is 6.80. The molecule has 1 saturated heterocycles. The predicted octanol–water partition coefficient (Wildman–Crippen LogP) is 1.55. The number of amides is 1. The van der Waals surface area contributed by atoms with Gasteiger partial charge in [-0.25, -0.2) is 0 Å². The van der Waals surface area contributed by atoms with Crippen LogP contribution in [-0.2, 0) is 16.0 Å². The predicted molar refractivity (Wildman–Crippen MR) is 70.6 cm³/mol. The molecular formula is C14H19NO5. The molecule has 1 amide bonds. The fourth-order valence-corrected chi connectivity index (χ4v) is 2.40. The molecule has 1 aromatic heterocycles. The summed E-state index contributed by atoms with van der Waals surface area (Å²) in [6.07, 6.45) is 2.98. The summed E-state index contributed by atoms with van der Waals surface area (Å²) in [7, 11) is 0. The highest BCUT2D eigenvalue weighted by Crippen LogP contribution is 2.19. The number of carbonyl (C=O) groups is 2. The van der Waals surface area contributed by atoms with E-state index in [0.717, 1.165) is 6.42 Å². The molecule has 0 saturated carbocycles. The lowest BCUT2D eigenvalue weighted by atomic mass is 10.1. The largest absolute Gasteiger partial charge is 0.481 e. The van der Waals surface area contributed by atoms with Crippen LogP contribution in [0.5, 0.6) is 0 Å². The van der Waals surface area contributed by atoms with Gasteiger partial charge in [-0.05, 0) is 12.5 Å². The average molecular weight is 281 g/mol. The molecule has 0 spiro atoms. The molecule has 1 aliphatic heterocycles. The van der Waals surface area contributed by atoms with Crippen molar-refractivity contribution in [1.29, 1.82) is 0 Å². The maximum Gasteiger partial charge on any atom is 0.305 e. The first kappa shape index (κ1) is 14.6. The van der Waals surface area contributed by atoms with Crippen LogP contribution in [0.2, 0.25) is 0 Å². The minimum absolute atomic E-state index is 0.104. The monoisotopic (exact) mass is 281 g/mol. The summed E-state index contributed by atoms with van der Waals surface area (Å²) in [4.78, 5) is 25.0. The fraction of sp³-hybridized carbons (Fsp3) is 0.571. The third-order valence-electron chi connectivity index (χ3n) is 3.35. The molecule has 6 nitrogen and oxygen atoms in total. The van der Waals surface area contributed by atoms with Crippen molar-refractivity contribution >= 4 is 11.9 Å². The molecule has 0 aliphatic carbocycles. The molecule has 0 aromatic carbocycles. The van der Waals surface area contributed by atoms with E-state index in [-0.39, 0.29) is 18.9 Å². The third kappa shape index (κ3) is 3.19. The van der Waals surface area contributed by atoms with Gasteiger partial charge >= 0.3 is 5.97 Å². The van der Waals surface area contributed by atoms with Gasteiger partial charge in [0.15, 0.2) is 0 Å². The van der Waals surface area contributed by atoms with Crippen molar-refractivity contribution in [2.75, 3.05) is 19.8 Å². The lowest BCUT2D eigenvalue weighted by molar-refractivity contribution is -0.139. The molecule has 2 heterocycles. The van der Waals surface area contributed by atoms with E-state index in [2.05, 4.69) is 0 Å². The van der Waals surface area contributed by atoms with Crippen LogP contribution in [-0.4, -0.2) is 47.7 Å². The van der Waals surface area contributed by atoms with E-state index in [0.29, 0.717) is 30.9 Å². The molecule has 1 fully saturated rings. The number of rotatable bonds is 5. The molecule has 0 radical (unpaired) electrons. The normalized spacial score (nSPS) is 19.1. The van der Waals surface area contributed by atoms with Crippen molar-refractivity contribution in [3.8, 4) is 0 Å². The Kier molecular flexibility index (Phi) is 4.79. The highest BCUT2D eigenvalue weighted by Gasteiger charge is 2.31. The van der Waals surface area contributed by atoms with Crippen LogP contribution >= 0.6 is 0 Å². The zero-order valence-electron chi connectivity index (χ0n) is 11.5. The SMILES string of the molecule is CCCc1occc1C(=O)N1CCOCC1CC(=O)O. The van der Waals surface area contributed by atoms with E-state index < -0.39 is 12.0 Å². The zero-order chi connectivity index (χ0) is 14.5. The number of aryl methyl sites for hydroxylation is 1. The second-order valence-corrected chi connectivity index (χ2v) is 4.83. The van der Waals surface area contributed by atoms with Gasteiger partial charge in [-0.15, -0.1) is 0 Å². The Morgan fingerprint density at radius 2 is 2.30 bits per heavy atom. The van der Waals surface area contributed by atoms with E-state index in [9.17, 15) is 9.59 Å². The van der Waals surface area contributed by atoms with Crippen LogP contribution in [0, 0.1) is 0 Å². The molecule has 110 valence electrons. The van der Waals surface area contributed by atoms with E-state index in [1.807, 2.05) is 6.92 Å². The van der Waals surface area contributed by atoms with Crippen LogP contribution in [0.25, 0.3) is 0 Å². The van der Waals surface area contributed by atoms with Crippen LogP contribution in [0.15, 0.2) is 16.7 Å². The lowest BCUT2D eigenvalue weighted by Gasteiger charge is -2.34. The second kappa shape index (κ2) is 6.56. The van der Waals surface area contributed by atoms with Gasteiger partial charge in [0.1, 0.15) is 5.76 Å². The van der Waals surface area contributed by atoms with E-state index in [4.69, 9.17) is 14.3 Å². The number of hydrogen-bond donors (Lipinski definition) is 1. The number of ether oxygens (including phenoxy) is 1. The molecule has 1 N–H and O–H groups in total. The van der Waals surface area contributed by atoms with Gasteiger partial charge in [-0.2, -0.15) is 0 Å². The van der Waals surface area contributed by atoms with Gasteiger partial charge in [0.05, 0.1) is 37.5 Å². The van der Waals surface area contributed by atoms with Gasteiger partial charge in [0.2, 0.25) is 0 Å². The van der Waals surface area contributed by atoms with Crippen molar-refractivity contribution in [2.24, 2.45) is 0 Å². The summed E-state index contributed by atoms with van der Waals surface area (Å²) in [6.45, 7) is 3.12. The Labute approximate surface area is 117 Å². The Morgan fingerprint density at radius 3 is 3.00 bits per heavy atom. The molecule has 6 heteroatoms. The van der Waals surface area contributed by atoms with Crippen molar-refractivity contribution in [1.82, 2.24) is 4.90 Å². The summed E-state index contributed by atoms with van der Waals surface area (Å²) in [5, 5.41) is 8.92. The Morgan fingerprint density at radius 1 is 1.50 bits per heavy atom. The maximum absolute atomic E-state index is 12.6. The molecule has 1 aromatic rings. The quantitative estimate of drug-likeness (QED) is 0.885. The highest BCUT2D eigenvalue weighted by molar-refractivity contribution is 5.95. The zero-order valence-corrected chi connectivity index (χ0v) is 11.5. The minimum Gasteiger partial charge on any atom is -0.481 e. The summed E-state index contributed by atoms with van der Waals surface area (Å²) in [5.74, 6) is -0.436. The first-order chi connectivity index (χ1) is 9.63. The number of carboxylic acids is 1. The van der Waals surface area contributed by atoms with Crippen molar-refractivity contribution < 1.29 is 23.8 Å². The van der Waals surface area contributed by atoms with Gasteiger partial charge < -0.3 is 19.2 Å². The van der Waals surface area contributed by atoms with E-state index in [1.54, 1.807) is 11.0 Å². The Balaban J connectivity index is 2.16. The average Bonchev–Trinajstić information content (AvgIpc) is 2.86. The van der Waals surface area contributed by atoms with Gasteiger partial charge in [-0.1, -0.05) is 6.92 Å². The molecule has 1 aliphatic rings. The number of aliphatic carboxylic acids is 1. The van der Waals surface area contributed by atoms with Crippen LogP contribution in [0.4, 0.5) is 0 Å².